The number of carboxylic acid groups (broad SMARTS) is 1. The molecule has 2 aromatic rings. The van der Waals surface area contributed by atoms with Crippen LogP contribution in [0.1, 0.15) is 63.5 Å². The Morgan fingerprint density at radius 3 is 2.86 bits per heavy atom. The molecular weight excluding hydrogens is 294 g/mol. The second-order valence-corrected chi connectivity index (χ2v) is 5.85. The van der Waals surface area contributed by atoms with E-state index in [0.29, 0.717) is 10.9 Å². The SMILES string of the molecule is CC(NC(=O)c1cc(C2CC2)on1)c1nc(C(=O)O)cs1. The van der Waals surface area contributed by atoms with E-state index in [2.05, 4.69) is 15.5 Å². The molecule has 0 spiro atoms. The molecule has 2 N–H and O–H groups in total. The van der Waals surface area contributed by atoms with Gasteiger partial charge in [0.25, 0.3) is 5.91 Å². The third-order valence-corrected chi connectivity index (χ3v) is 4.23. The van der Waals surface area contributed by atoms with Crippen LogP contribution in [0, 0.1) is 0 Å². The van der Waals surface area contributed by atoms with E-state index in [-0.39, 0.29) is 17.3 Å². The highest BCUT2D eigenvalue weighted by molar-refractivity contribution is 7.09. The fourth-order valence-corrected chi connectivity index (χ4v) is 2.67. The topological polar surface area (TPSA) is 105 Å². The van der Waals surface area contributed by atoms with Crippen LogP contribution in [-0.2, 0) is 0 Å². The van der Waals surface area contributed by atoms with Gasteiger partial charge in [0, 0.05) is 17.4 Å². The van der Waals surface area contributed by atoms with Gasteiger partial charge in [-0.05, 0) is 19.8 Å². The van der Waals surface area contributed by atoms with E-state index in [1.165, 1.54) is 16.7 Å². The van der Waals surface area contributed by atoms with Crippen LogP contribution in [0.3, 0.4) is 0 Å². The van der Waals surface area contributed by atoms with Gasteiger partial charge in [0.2, 0.25) is 0 Å². The maximum absolute atomic E-state index is 12.1. The molecule has 110 valence electrons. The number of rotatable bonds is 5. The molecule has 1 fully saturated rings. The molecule has 0 bridgehead atoms. The van der Waals surface area contributed by atoms with Crippen molar-refractivity contribution in [1.29, 1.82) is 0 Å². The standard InChI is InChI=1S/C13H13N3O4S/c1-6(12-15-9(5-21-12)13(18)19)14-11(17)8-4-10(20-16-8)7-2-3-7/h4-7H,2-3H2,1H3,(H,14,17)(H,18,19). The molecule has 1 unspecified atom stereocenters. The molecule has 1 aliphatic rings. The van der Waals surface area contributed by atoms with Crippen molar-refractivity contribution >= 4 is 23.2 Å². The summed E-state index contributed by atoms with van der Waals surface area (Å²) in [7, 11) is 0. The summed E-state index contributed by atoms with van der Waals surface area (Å²) in [6, 6.07) is 1.27. The molecule has 1 saturated carbocycles. The summed E-state index contributed by atoms with van der Waals surface area (Å²) in [5.41, 5.74) is 0.215. The van der Waals surface area contributed by atoms with Gasteiger partial charge in [-0.2, -0.15) is 0 Å². The van der Waals surface area contributed by atoms with E-state index in [1.807, 2.05) is 0 Å². The third kappa shape index (κ3) is 2.94. The summed E-state index contributed by atoms with van der Waals surface area (Å²) >= 11 is 1.19. The van der Waals surface area contributed by atoms with Crippen molar-refractivity contribution in [2.45, 2.75) is 31.7 Å². The Labute approximate surface area is 124 Å². The monoisotopic (exact) mass is 307 g/mol. The van der Waals surface area contributed by atoms with E-state index in [9.17, 15) is 9.59 Å². The predicted molar refractivity (Wildman–Crippen MR) is 73.4 cm³/mol. The average molecular weight is 307 g/mol. The molecule has 0 saturated heterocycles. The molecule has 1 amide bonds. The highest BCUT2D eigenvalue weighted by Gasteiger charge is 2.29. The largest absolute Gasteiger partial charge is 0.476 e. The van der Waals surface area contributed by atoms with Gasteiger partial charge in [0.15, 0.2) is 11.4 Å². The molecule has 1 atom stereocenters. The Kier molecular flexibility index (Phi) is 3.46. The van der Waals surface area contributed by atoms with Crippen LogP contribution in [-0.4, -0.2) is 27.1 Å². The number of hydrogen-bond donors (Lipinski definition) is 2. The molecule has 0 radical (unpaired) electrons. The first-order valence-electron chi connectivity index (χ1n) is 6.51. The lowest BCUT2D eigenvalue weighted by molar-refractivity contribution is 0.0691. The number of carbonyl (C=O) groups is 2. The number of carboxylic acids is 1. The normalized spacial score (nSPS) is 15.7. The van der Waals surface area contributed by atoms with E-state index in [4.69, 9.17) is 9.63 Å². The van der Waals surface area contributed by atoms with Gasteiger partial charge >= 0.3 is 5.97 Å². The average Bonchev–Trinajstić information content (AvgIpc) is 3.00. The quantitative estimate of drug-likeness (QED) is 0.877. The number of carbonyl (C=O) groups excluding carboxylic acids is 1. The lowest BCUT2D eigenvalue weighted by Gasteiger charge is -2.09. The summed E-state index contributed by atoms with van der Waals surface area (Å²) in [5.74, 6) is -0.296. The molecule has 7 nitrogen and oxygen atoms in total. The Morgan fingerprint density at radius 1 is 1.48 bits per heavy atom. The number of aromatic carboxylic acids is 1. The van der Waals surface area contributed by atoms with E-state index in [0.717, 1.165) is 18.6 Å². The van der Waals surface area contributed by atoms with Crippen LogP contribution >= 0.6 is 11.3 Å². The van der Waals surface area contributed by atoms with Crippen LogP contribution in [0.5, 0.6) is 0 Å². The van der Waals surface area contributed by atoms with E-state index < -0.39 is 12.0 Å². The molecule has 3 rings (SSSR count). The zero-order valence-corrected chi connectivity index (χ0v) is 12.0. The summed E-state index contributed by atoms with van der Waals surface area (Å²) in [6.45, 7) is 1.74. The van der Waals surface area contributed by atoms with E-state index in [1.54, 1.807) is 13.0 Å². The minimum Gasteiger partial charge on any atom is -0.476 e. The van der Waals surface area contributed by atoms with Crippen LogP contribution < -0.4 is 5.32 Å². The van der Waals surface area contributed by atoms with Crippen molar-refractivity contribution in [2.75, 3.05) is 0 Å². The second kappa shape index (κ2) is 5.28. The summed E-state index contributed by atoms with van der Waals surface area (Å²) in [4.78, 5) is 26.8. The van der Waals surface area contributed by atoms with Crippen LogP contribution in [0.4, 0.5) is 0 Å². The number of amides is 1. The highest BCUT2D eigenvalue weighted by atomic mass is 32.1. The maximum atomic E-state index is 12.1. The minimum absolute atomic E-state index is 0.0199. The molecule has 2 heterocycles. The van der Waals surface area contributed by atoms with Crippen molar-refractivity contribution in [3.8, 4) is 0 Å². The van der Waals surface area contributed by atoms with Crippen molar-refractivity contribution < 1.29 is 19.2 Å². The molecule has 2 aromatic heterocycles. The zero-order chi connectivity index (χ0) is 15.0. The predicted octanol–water partition coefficient (Wildman–Crippen LogP) is 2.20. The Balaban J connectivity index is 1.66. The van der Waals surface area contributed by atoms with Crippen molar-refractivity contribution in [3.63, 3.8) is 0 Å². The first-order valence-corrected chi connectivity index (χ1v) is 7.38. The molecule has 8 heteroatoms. The van der Waals surface area contributed by atoms with E-state index >= 15 is 0 Å². The molecule has 21 heavy (non-hydrogen) atoms. The number of nitrogens with zero attached hydrogens (tertiary/aromatic N) is 2. The minimum atomic E-state index is -1.08. The highest BCUT2D eigenvalue weighted by Crippen LogP contribution is 2.40. The zero-order valence-electron chi connectivity index (χ0n) is 11.2. The fourth-order valence-electron chi connectivity index (χ4n) is 1.87. The molecule has 0 aliphatic heterocycles. The van der Waals surface area contributed by atoms with Gasteiger partial charge in [-0.1, -0.05) is 5.16 Å². The first kappa shape index (κ1) is 13.7. The van der Waals surface area contributed by atoms with Crippen molar-refractivity contribution in [3.05, 3.63) is 33.6 Å². The van der Waals surface area contributed by atoms with Gasteiger partial charge in [0.05, 0.1) is 6.04 Å². The maximum Gasteiger partial charge on any atom is 0.355 e. The summed E-state index contributed by atoms with van der Waals surface area (Å²) in [5, 5.41) is 17.3. The number of thiazole rings is 1. The molecule has 0 aromatic carbocycles. The smallest absolute Gasteiger partial charge is 0.355 e. The first-order chi connectivity index (χ1) is 10.0. The van der Waals surface area contributed by atoms with Crippen molar-refractivity contribution in [1.82, 2.24) is 15.5 Å². The summed E-state index contributed by atoms with van der Waals surface area (Å²) in [6.07, 6.45) is 2.15. The third-order valence-electron chi connectivity index (χ3n) is 3.20. The number of hydrogen-bond acceptors (Lipinski definition) is 6. The second-order valence-electron chi connectivity index (χ2n) is 4.96. The van der Waals surface area contributed by atoms with Crippen LogP contribution in [0.15, 0.2) is 16.0 Å². The Bertz CT molecular complexity index is 689. The van der Waals surface area contributed by atoms with Crippen molar-refractivity contribution in [2.24, 2.45) is 0 Å². The van der Waals surface area contributed by atoms with Crippen LogP contribution in [0.25, 0.3) is 0 Å². The molecule has 1 aliphatic carbocycles. The lowest BCUT2D eigenvalue weighted by Crippen LogP contribution is -2.26. The fraction of sp³-hybridized carbons (Fsp3) is 0.385. The van der Waals surface area contributed by atoms with Gasteiger partial charge in [-0.25, -0.2) is 9.78 Å². The van der Waals surface area contributed by atoms with Crippen LogP contribution in [0.2, 0.25) is 0 Å². The summed E-state index contributed by atoms with van der Waals surface area (Å²) < 4.78 is 5.13. The Hall–Kier alpha value is -2.22. The molecular formula is C13H13N3O4S. The number of aromatic nitrogens is 2. The number of nitrogens with one attached hydrogen (secondary N) is 1. The van der Waals surface area contributed by atoms with Gasteiger partial charge < -0.3 is 14.9 Å². The van der Waals surface area contributed by atoms with Gasteiger partial charge in [0.1, 0.15) is 10.8 Å². The van der Waals surface area contributed by atoms with Gasteiger partial charge in [-0.15, -0.1) is 11.3 Å². The lowest BCUT2D eigenvalue weighted by atomic mass is 10.2. The Morgan fingerprint density at radius 2 is 2.24 bits per heavy atom. The van der Waals surface area contributed by atoms with Gasteiger partial charge in [-0.3, -0.25) is 4.79 Å².